The minimum absolute atomic E-state index is 0.0271. The van der Waals surface area contributed by atoms with Crippen LogP contribution in [0.1, 0.15) is 17.8 Å². The molecule has 0 aromatic carbocycles. The third-order valence-corrected chi connectivity index (χ3v) is 5.10. The van der Waals surface area contributed by atoms with Gasteiger partial charge in [-0.15, -0.1) is 0 Å². The molecule has 1 saturated heterocycles. The van der Waals surface area contributed by atoms with Gasteiger partial charge in [-0.3, -0.25) is 4.68 Å². The van der Waals surface area contributed by atoms with E-state index in [1.807, 2.05) is 0 Å². The molecule has 1 atom stereocenters. The summed E-state index contributed by atoms with van der Waals surface area (Å²) in [6.07, 6.45) is -4.19. The van der Waals surface area contributed by atoms with Gasteiger partial charge in [-0.05, 0) is 12.5 Å². The molecule has 1 fully saturated rings. The van der Waals surface area contributed by atoms with E-state index < -0.39 is 32.7 Å². The summed E-state index contributed by atoms with van der Waals surface area (Å²) in [4.78, 5) is 0. The first-order valence-electron chi connectivity index (χ1n) is 5.59. The van der Waals surface area contributed by atoms with E-state index in [1.54, 1.807) is 0 Å². The van der Waals surface area contributed by atoms with Crippen LogP contribution in [0.25, 0.3) is 0 Å². The first-order chi connectivity index (χ1) is 8.70. The predicted octanol–water partition coefficient (Wildman–Crippen LogP) is 1.14. The summed E-state index contributed by atoms with van der Waals surface area (Å²) in [7, 11) is -2.22. The third-order valence-electron chi connectivity index (χ3n) is 3.01. The van der Waals surface area contributed by atoms with E-state index >= 15 is 0 Å². The molecule has 0 bridgehead atoms. The van der Waals surface area contributed by atoms with Gasteiger partial charge in [0.1, 0.15) is 0 Å². The van der Waals surface area contributed by atoms with Crippen molar-refractivity contribution in [1.29, 1.82) is 0 Å². The van der Waals surface area contributed by atoms with E-state index in [1.165, 1.54) is 7.05 Å². The predicted molar refractivity (Wildman–Crippen MR) is 60.1 cm³/mol. The van der Waals surface area contributed by atoms with E-state index in [4.69, 9.17) is 4.74 Å². The highest BCUT2D eigenvalue weighted by atomic mass is 32.2. The lowest BCUT2D eigenvalue weighted by molar-refractivity contribution is -0.141. The van der Waals surface area contributed by atoms with Gasteiger partial charge in [0.2, 0.25) is 0 Å². The fraction of sp³-hybridized carbons (Fsp3) is 0.700. The monoisotopic (exact) mass is 298 g/mol. The molecule has 1 aromatic rings. The van der Waals surface area contributed by atoms with E-state index in [-0.39, 0.29) is 12.3 Å². The second kappa shape index (κ2) is 4.78. The number of rotatable bonds is 3. The van der Waals surface area contributed by atoms with Crippen molar-refractivity contribution in [3.63, 3.8) is 0 Å². The van der Waals surface area contributed by atoms with Crippen LogP contribution >= 0.6 is 0 Å². The van der Waals surface area contributed by atoms with Crippen molar-refractivity contribution >= 4 is 9.84 Å². The summed E-state index contributed by atoms with van der Waals surface area (Å²) in [5.74, 6) is -0.458. The molecular formula is C10H13F3N2O3S. The van der Waals surface area contributed by atoms with Crippen LogP contribution in [0.15, 0.2) is 6.07 Å². The Morgan fingerprint density at radius 1 is 1.53 bits per heavy atom. The average Bonchev–Trinajstić information content (AvgIpc) is 2.87. The van der Waals surface area contributed by atoms with Crippen molar-refractivity contribution in [3.05, 3.63) is 17.5 Å². The lowest BCUT2D eigenvalue weighted by atomic mass is 10.3. The molecule has 0 radical (unpaired) electrons. The van der Waals surface area contributed by atoms with Gasteiger partial charge < -0.3 is 4.74 Å². The molecule has 1 aliphatic heterocycles. The SMILES string of the molecule is Cn1nc(C(F)(F)F)cc1CS(=O)(=O)C1CCOC1. The number of aryl methyl sites for hydroxylation is 1. The van der Waals surface area contributed by atoms with Gasteiger partial charge in [-0.2, -0.15) is 18.3 Å². The van der Waals surface area contributed by atoms with Gasteiger partial charge in [0.15, 0.2) is 15.5 Å². The number of alkyl halides is 3. The minimum Gasteiger partial charge on any atom is -0.380 e. The van der Waals surface area contributed by atoms with Gasteiger partial charge in [-0.1, -0.05) is 0 Å². The largest absolute Gasteiger partial charge is 0.435 e. The summed E-state index contributed by atoms with van der Waals surface area (Å²) >= 11 is 0. The first kappa shape index (κ1) is 14.3. The van der Waals surface area contributed by atoms with Gasteiger partial charge in [-0.25, -0.2) is 8.42 Å². The van der Waals surface area contributed by atoms with Crippen LogP contribution in [0.5, 0.6) is 0 Å². The molecule has 0 spiro atoms. The molecule has 2 rings (SSSR count). The van der Waals surface area contributed by atoms with E-state index in [0.717, 1.165) is 10.7 Å². The fourth-order valence-corrected chi connectivity index (χ4v) is 3.58. The minimum atomic E-state index is -4.57. The highest BCUT2D eigenvalue weighted by Crippen LogP contribution is 2.29. The summed E-state index contributed by atoms with van der Waals surface area (Å²) < 4.78 is 67.4. The molecule has 19 heavy (non-hydrogen) atoms. The maximum Gasteiger partial charge on any atom is 0.435 e. The summed E-state index contributed by atoms with van der Waals surface area (Å²) in [5.41, 5.74) is -1.05. The smallest absolute Gasteiger partial charge is 0.380 e. The Balaban J connectivity index is 2.21. The molecule has 1 aromatic heterocycles. The topological polar surface area (TPSA) is 61.2 Å². The van der Waals surface area contributed by atoms with Gasteiger partial charge in [0, 0.05) is 13.7 Å². The Bertz CT molecular complexity index is 559. The molecule has 1 unspecified atom stereocenters. The summed E-state index contributed by atoms with van der Waals surface area (Å²) in [6.45, 7) is 0.468. The number of nitrogens with zero attached hydrogens (tertiary/aromatic N) is 2. The Morgan fingerprint density at radius 3 is 2.68 bits per heavy atom. The third kappa shape index (κ3) is 3.08. The fourth-order valence-electron chi connectivity index (χ4n) is 1.90. The first-order valence-corrected chi connectivity index (χ1v) is 7.31. The van der Waals surface area contributed by atoms with Crippen molar-refractivity contribution in [3.8, 4) is 0 Å². The number of aromatic nitrogens is 2. The molecule has 2 heterocycles. The normalized spacial score (nSPS) is 20.9. The molecule has 0 N–H and O–H groups in total. The van der Waals surface area contributed by atoms with Crippen molar-refractivity contribution in [2.45, 2.75) is 23.6 Å². The molecule has 108 valence electrons. The highest BCUT2D eigenvalue weighted by molar-refractivity contribution is 7.91. The van der Waals surface area contributed by atoms with Crippen LogP contribution in [0.3, 0.4) is 0 Å². The zero-order valence-corrected chi connectivity index (χ0v) is 11.0. The maximum atomic E-state index is 12.5. The summed E-state index contributed by atoms with van der Waals surface area (Å²) in [5, 5.41) is 2.65. The molecule has 9 heteroatoms. The number of sulfone groups is 1. The summed E-state index contributed by atoms with van der Waals surface area (Å²) in [6, 6.07) is 0.771. The highest BCUT2D eigenvalue weighted by Gasteiger charge is 2.36. The lowest BCUT2D eigenvalue weighted by Gasteiger charge is -2.09. The quantitative estimate of drug-likeness (QED) is 0.839. The molecule has 0 aliphatic carbocycles. The zero-order chi connectivity index (χ0) is 14.3. The number of halogens is 3. The van der Waals surface area contributed by atoms with E-state index in [9.17, 15) is 21.6 Å². The molecular weight excluding hydrogens is 285 g/mol. The average molecular weight is 298 g/mol. The molecule has 0 amide bonds. The Labute approximate surface area is 108 Å². The van der Waals surface area contributed by atoms with Crippen LogP contribution in [0.4, 0.5) is 13.2 Å². The maximum absolute atomic E-state index is 12.5. The zero-order valence-electron chi connectivity index (χ0n) is 10.1. The lowest BCUT2D eigenvalue weighted by Crippen LogP contribution is -2.23. The van der Waals surface area contributed by atoms with Crippen molar-refractivity contribution in [2.24, 2.45) is 7.05 Å². The number of hydrogen-bond acceptors (Lipinski definition) is 4. The number of hydrogen-bond donors (Lipinski definition) is 0. The van der Waals surface area contributed by atoms with E-state index in [0.29, 0.717) is 13.0 Å². The van der Waals surface area contributed by atoms with Crippen molar-refractivity contribution in [1.82, 2.24) is 9.78 Å². The number of ether oxygens (including phenoxy) is 1. The van der Waals surface area contributed by atoms with Crippen molar-refractivity contribution < 1.29 is 26.3 Å². The van der Waals surface area contributed by atoms with Gasteiger partial charge in [0.25, 0.3) is 0 Å². The standard InChI is InChI=1S/C10H13F3N2O3S/c1-15-7(4-9(14-15)10(11,12)13)6-19(16,17)8-2-3-18-5-8/h4,8H,2-3,5-6H2,1H3. The van der Waals surface area contributed by atoms with Crippen LogP contribution < -0.4 is 0 Å². The van der Waals surface area contributed by atoms with Gasteiger partial charge >= 0.3 is 6.18 Å². The van der Waals surface area contributed by atoms with Crippen LogP contribution in [0, 0.1) is 0 Å². The van der Waals surface area contributed by atoms with Crippen LogP contribution in [-0.2, 0) is 33.6 Å². The molecule has 1 aliphatic rings. The Kier molecular flexibility index (Phi) is 3.61. The van der Waals surface area contributed by atoms with Crippen molar-refractivity contribution in [2.75, 3.05) is 13.2 Å². The molecule has 5 nitrogen and oxygen atoms in total. The second-order valence-corrected chi connectivity index (χ2v) is 6.72. The van der Waals surface area contributed by atoms with Gasteiger partial charge in [0.05, 0.1) is 23.3 Å². The Morgan fingerprint density at radius 2 is 2.21 bits per heavy atom. The second-order valence-electron chi connectivity index (χ2n) is 4.44. The Hall–Kier alpha value is -1.09. The van der Waals surface area contributed by atoms with Crippen LogP contribution in [-0.4, -0.2) is 36.7 Å². The van der Waals surface area contributed by atoms with Crippen LogP contribution in [0.2, 0.25) is 0 Å². The van der Waals surface area contributed by atoms with E-state index in [2.05, 4.69) is 5.10 Å². The molecule has 0 saturated carbocycles.